The normalized spacial score (nSPS) is 24.8. The molecular formula is C32H40F3N3O5. The zero-order valence-electron chi connectivity index (χ0n) is 24.9. The molecule has 3 aliphatic heterocycles. The highest BCUT2D eigenvalue weighted by molar-refractivity contribution is 5.81. The van der Waals surface area contributed by atoms with E-state index in [2.05, 4.69) is 5.32 Å². The van der Waals surface area contributed by atoms with Crippen molar-refractivity contribution in [1.82, 2.24) is 10.2 Å². The van der Waals surface area contributed by atoms with Crippen LogP contribution in [0.5, 0.6) is 5.75 Å². The zero-order valence-corrected chi connectivity index (χ0v) is 24.9. The molecule has 1 N–H and O–H groups in total. The third kappa shape index (κ3) is 6.62. The topological polar surface area (TPSA) is 80.3 Å². The van der Waals surface area contributed by atoms with Crippen molar-refractivity contribution in [3.05, 3.63) is 59.2 Å². The SMILES string of the molecule is COC[C@H]1CN(C(=O)[C@@H]2CNC[C@H]2c2ccc(OC)cc2)C[C@@H]1c1ccc(C(F)(F)F)cc1N1CCC(C(=O)OC)CC1. The van der Waals surface area contributed by atoms with Crippen LogP contribution in [-0.4, -0.2) is 84.0 Å². The standard InChI is InChI=1S/C32H40F3N3O5/c1-41-19-22-17-38(30(39)27-16-36-15-26(27)20-4-7-24(42-2)8-5-20)18-28(22)25-9-6-23(32(33,34)35)14-29(25)37-12-10-21(11-13-37)31(40)43-3/h4-9,14,21-22,26-28,36H,10-13,15-19H2,1-3H3/t22-,26+,27-,28+/m1/s1. The molecule has 8 nitrogen and oxygen atoms in total. The molecule has 0 aliphatic carbocycles. The first-order chi connectivity index (χ1) is 20.6. The largest absolute Gasteiger partial charge is 0.497 e. The van der Waals surface area contributed by atoms with Crippen LogP contribution in [0.15, 0.2) is 42.5 Å². The summed E-state index contributed by atoms with van der Waals surface area (Å²) < 4.78 is 57.3. The second-order valence-electron chi connectivity index (χ2n) is 11.8. The Labute approximate surface area is 250 Å². The van der Waals surface area contributed by atoms with Crippen molar-refractivity contribution in [3.8, 4) is 5.75 Å². The molecule has 3 heterocycles. The second-order valence-corrected chi connectivity index (χ2v) is 11.8. The maximum Gasteiger partial charge on any atom is 0.416 e. The Morgan fingerprint density at radius 2 is 1.67 bits per heavy atom. The van der Waals surface area contributed by atoms with Crippen LogP contribution in [0, 0.1) is 17.8 Å². The van der Waals surface area contributed by atoms with E-state index in [1.807, 2.05) is 34.1 Å². The highest BCUT2D eigenvalue weighted by Gasteiger charge is 2.44. The molecule has 1 amide bonds. The summed E-state index contributed by atoms with van der Waals surface area (Å²) in [4.78, 5) is 29.9. The van der Waals surface area contributed by atoms with Crippen molar-refractivity contribution < 1.29 is 37.0 Å². The number of rotatable bonds is 8. The van der Waals surface area contributed by atoms with E-state index in [-0.39, 0.29) is 41.5 Å². The maximum atomic E-state index is 14.0. The number of alkyl halides is 3. The van der Waals surface area contributed by atoms with Gasteiger partial charge in [0.25, 0.3) is 0 Å². The molecule has 0 saturated carbocycles. The van der Waals surface area contributed by atoms with Gasteiger partial charge in [0.2, 0.25) is 5.91 Å². The molecule has 3 fully saturated rings. The Hall–Kier alpha value is -3.31. The van der Waals surface area contributed by atoms with Crippen molar-refractivity contribution in [2.24, 2.45) is 17.8 Å². The molecule has 234 valence electrons. The van der Waals surface area contributed by atoms with Gasteiger partial charge >= 0.3 is 12.1 Å². The van der Waals surface area contributed by atoms with E-state index in [1.54, 1.807) is 20.3 Å². The van der Waals surface area contributed by atoms with Crippen molar-refractivity contribution in [1.29, 1.82) is 0 Å². The Kier molecular flexibility index (Phi) is 9.51. The number of benzene rings is 2. The van der Waals surface area contributed by atoms with Crippen molar-refractivity contribution in [3.63, 3.8) is 0 Å². The first kappa shape index (κ1) is 31.1. The fourth-order valence-electron chi connectivity index (χ4n) is 6.99. The number of amides is 1. The van der Waals surface area contributed by atoms with Crippen LogP contribution in [-0.2, 0) is 25.2 Å². The number of esters is 1. The second kappa shape index (κ2) is 13.1. The van der Waals surface area contributed by atoms with E-state index in [9.17, 15) is 22.8 Å². The zero-order chi connectivity index (χ0) is 30.7. The molecule has 0 bridgehead atoms. The molecule has 0 unspecified atom stereocenters. The van der Waals surface area contributed by atoms with Crippen molar-refractivity contribution >= 4 is 17.6 Å². The minimum absolute atomic E-state index is 0.0102. The van der Waals surface area contributed by atoms with E-state index in [1.165, 1.54) is 13.2 Å². The number of carbonyl (C=O) groups is 2. The van der Waals surface area contributed by atoms with Crippen molar-refractivity contribution in [2.75, 3.05) is 72.1 Å². The fourth-order valence-corrected chi connectivity index (χ4v) is 6.99. The number of hydrogen-bond acceptors (Lipinski definition) is 7. The molecule has 3 saturated heterocycles. The Morgan fingerprint density at radius 1 is 0.953 bits per heavy atom. The number of likely N-dealkylation sites (tertiary alicyclic amines) is 1. The van der Waals surface area contributed by atoms with Crippen molar-refractivity contribution in [2.45, 2.75) is 30.9 Å². The summed E-state index contributed by atoms with van der Waals surface area (Å²) in [5.74, 6) is -0.278. The average Bonchev–Trinajstić information content (AvgIpc) is 3.68. The van der Waals surface area contributed by atoms with Gasteiger partial charge in [0.05, 0.1) is 38.2 Å². The molecule has 4 atom stereocenters. The van der Waals surface area contributed by atoms with Crippen LogP contribution >= 0.6 is 0 Å². The summed E-state index contributed by atoms with van der Waals surface area (Å²) in [6, 6.07) is 11.7. The van der Waals surface area contributed by atoms with Gasteiger partial charge < -0.3 is 29.3 Å². The van der Waals surface area contributed by atoms with Gasteiger partial charge in [0, 0.05) is 69.8 Å². The lowest BCUT2D eigenvalue weighted by atomic mass is 9.86. The van der Waals surface area contributed by atoms with Crippen LogP contribution in [0.1, 0.15) is 41.4 Å². The van der Waals surface area contributed by atoms with Gasteiger partial charge in [-0.25, -0.2) is 0 Å². The monoisotopic (exact) mass is 603 g/mol. The number of nitrogens with zero attached hydrogens (tertiary/aromatic N) is 2. The lowest BCUT2D eigenvalue weighted by Gasteiger charge is -2.35. The number of nitrogens with one attached hydrogen (secondary N) is 1. The number of anilines is 1. The molecular weight excluding hydrogens is 563 g/mol. The average molecular weight is 604 g/mol. The molecule has 2 aromatic rings. The highest BCUT2D eigenvalue weighted by Crippen LogP contribution is 2.43. The summed E-state index contributed by atoms with van der Waals surface area (Å²) in [6.45, 7) is 3.37. The van der Waals surface area contributed by atoms with Gasteiger partial charge in [-0.15, -0.1) is 0 Å². The molecule has 0 spiro atoms. The molecule has 2 aromatic carbocycles. The fraction of sp³-hybridized carbons (Fsp3) is 0.562. The van der Waals surface area contributed by atoms with Gasteiger partial charge in [-0.05, 0) is 48.2 Å². The number of ether oxygens (including phenoxy) is 3. The lowest BCUT2D eigenvalue weighted by molar-refractivity contribution is -0.146. The van der Waals surface area contributed by atoms with E-state index < -0.39 is 11.7 Å². The van der Waals surface area contributed by atoms with Crippen LogP contribution in [0.3, 0.4) is 0 Å². The molecule has 0 aromatic heterocycles. The van der Waals surface area contributed by atoms with Gasteiger partial charge in [0.15, 0.2) is 0 Å². The predicted molar refractivity (Wildman–Crippen MR) is 155 cm³/mol. The number of halogens is 3. The molecule has 5 rings (SSSR count). The maximum absolute atomic E-state index is 14.0. The van der Waals surface area contributed by atoms with Gasteiger partial charge in [-0.1, -0.05) is 18.2 Å². The smallest absolute Gasteiger partial charge is 0.416 e. The minimum Gasteiger partial charge on any atom is -0.497 e. The van der Waals surface area contributed by atoms with Crippen LogP contribution in [0.2, 0.25) is 0 Å². The molecule has 43 heavy (non-hydrogen) atoms. The van der Waals surface area contributed by atoms with Crippen LogP contribution < -0.4 is 15.0 Å². The van der Waals surface area contributed by atoms with E-state index in [0.717, 1.165) is 22.9 Å². The number of piperidine rings is 1. The van der Waals surface area contributed by atoms with Crippen LogP contribution in [0.25, 0.3) is 0 Å². The number of hydrogen-bond donors (Lipinski definition) is 1. The Balaban J connectivity index is 1.40. The Bertz CT molecular complexity index is 1280. The first-order valence-corrected chi connectivity index (χ1v) is 14.8. The molecule has 11 heteroatoms. The summed E-state index contributed by atoms with van der Waals surface area (Å²) in [5.41, 5.74) is 1.64. The Morgan fingerprint density at radius 3 is 2.30 bits per heavy atom. The number of methoxy groups -OCH3 is 3. The summed E-state index contributed by atoms with van der Waals surface area (Å²) in [5, 5.41) is 3.37. The van der Waals surface area contributed by atoms with E-state index in [4.69, 9.17) is 14.2 Å². The summed E-state index contributed by atoms with van der Waals surface area (Å²) in [6.07, 6.45) is -3.49. The van der Waals surface area contributed by atoms with E-state index in [0.29, 0.717) is 64.4 Å². The highest BCUT2D eigenvalue weighted by atomic mass is 19.4. The number of carbonyl (C=O) groups excluding carboxylic acids is 2. The summed E-state index contributed by atoms with van der Waals surface area (Å²) >= 11 is 0. The molecule has 0 radical (unpaired) electrons. The van der Waals surface area contributed by atoms with Gasteiger partial charge in [-0.3, -0.25) is 9.59 Å². The molecule has 3 aliphatic rings. The minimum atomic E-state index is -4.49. The third-order valence-corrected chi connectivity index (χ3v) is 9.34. The quantitative estimate of drug-likeness (QED) is 0.451. The predicted octanol–water partition coefficient (Wildman–Crippen LogP) is 4.30. The van der Waals surface area contributed by atoms with E-state index >= 15 is 0 Å². The summed E-state index contributed by atoms with van der Waals surface area (Å²) in [7, 11) is 4.57. The van der Waals surface area contributed by atoms with Gasteiger partial charge in [0.1, 0.15) is 5.75 Å². The first-order valence-electron chi connectivity index (χ1n) is 14.8. The van der Waals surface area contributed by atoms with Crippen LogP contribution in [0.4, 0.5) is 18.9 Å². The lowest BCUT2D eigenvalue weighted by Crippen LogP contribution is -2.38. The van der Waals surface area contributed by atoms with Gasteiger partial charge in [-0.2, -0.15) is 13.2 Å². The third-order valence-electron chi connectivity index (χ3n) is 9.34.